The van der Waals surface area contributed by atoms with Gasteiger partial charge in [-0.05, 0) is 59.2 Å². The number of methoxy groups -OCH3 is 1. The number of hydrogen-bond donors (Lipinski definition) is 1. The summed E-state index contributed by atoms with van der Waals surface area (Å²) in [5, 5.41) is 13.0. The number of carbonyl (C=O) groups is 4. The Hall–Kier alpha value is -4.99. The smallest absolute Gasteiger partial charge is 0.335 e. The van der Waals surface area contributed by atoms with Crippen molar-refractivity contribution in [1.29, 1.82) is 0 Å². The van der Waals surface area contributed by atoms with Gasteiger partial charge in [-0.25, -0.2) is 14.1 Å². The van der Waals surface area contributed by atoms with Crippen LogP contribution in [0.1, 0.15) is 21.5 Å². The molecule has 1 fully saturated rings. The van der Waals surface area contributed by atoms with Gasteiger partial charge in [-0.3, -0.25) is 14.9 Å². The lowest BCUT2D eigenvalue weighted by Crippen LogP contribution is -2.54. The summed E-state index contributed by atoms with van der Waals surface area (Å²) in [4.78, 5) is 49.2. The molecule has 1 heterocycles. The lowest BCUT2D eigenvalue weighted by Gasteiger charge is -2.26. The molecule has 0 radical (unpaired) electrons. The van der Waals surface area contributed by atoms with E-state index in [0.717, 1.165) is 17.0 Å². The monoisotopic (exact) mass is 489 g/mol. The molecule has 0 aliphatic carbocycles. The lowest BCUT2D eigenvalue weighted by atomic mass is 10.1. The van der Waals surface area contributed by atoms with Gasteiger partial charge in [0.05, 0.1) is 18.8 Å². The van der Waals surface area contributed by atoms with Crippen molar-refractivity contribution in [2.75, 3.05) is 12.0 Å². The van der Waals surface area contributed by atoms with Crippen LogP contribution in [0.3, 0.4) is 0 Å². The van der Waals surface area contributed by atoms with E-state index in [2.05, 4.69) is 5.32 Å². The second-order valence-electron chi connectivity index (χ2n) is 7.62. The van der Waals surface area contributed by atoms with Crippen molar-refractivity contribution in [3.05, 3.63) is 94.8 Å². The van der Waals surface area contributed by atoms with Crippen LogP contribution in [0, 0.1) is 5.82 Å². The number of halogens is 1. The van der Waals surface area contributed by atoms with Crippen LogP contribution in [0.2, 0.25) is 0 Å². The normalized spacial score (nSPS) is 14.6. The fraction of sp³-hybridized carbons (Fsp3) is 0.0769. The van der Waals surface area contributed by atoms with Crippen molar-refractivity contribution in [3.8, 4) is 11.5 Å². The molecule has 1 aliphatic rings. The molecule has 0 unspecified atom stereocenters. The number of carbonyl (C=O) groups excluding carboxylic acids is 4. The highest BCUT2D eigenvalue weighted by Crippen LogP contribution is 2.30. The van der Waals surface area contributed by atoms with Crippen LogP contribution in [-0.4, -0.2) is 30.9 Å². The zero-order chi connectivity index (χ0) is 25.8. The quantitative estimate of drug-likeness (QED) is 0.399. The number of ether oxygens (including phenoxy) is 2. The number of benzene rings is 3. The summed E-state index contributed by atoms with van der Waals surface area (Å²) < 4.78 is 24.4. The average Bonchev–Trinajstić information content (AvgIpc) is 2.86. The molecule has 4 rings (SSSR count). The topological polar surface area (TPSA) is 125 Å². The minimum Gasteiger partial charge on any atom is -0.545 e. The van der Waals surface area contributed by atoms with E-state index >= 15 is 0 Å². The van der Waals surface area contributed by atoms with Crippen LogP contribution >= 0.6 is 0 Å². The molecule has 0 atom stereocenters. The number of carboxylic acid groups (broad SMARTS) is 1. The Labute approximate surface area is 204 Å². The standard InChI is InChI=1S/C26H19FN2O7/c1-35-22-13-16(4-11-21(22)36-14-15-2-5-17(6-3-15)25(32)33)12-20-23(30)28-26(34)29(24(20)31)19-9-7-18(27)8-10-19/h2-13H,14H2,1H3,(H,32,33)(H,28,30,34)/p-1/b20-12+. The summed E-state index contributed by atoms with van der Waals surface area (Å²) in [6.07, 6.45) is 1.30. The maximum atomic E-state index is 13.3. The number of nitrogens with one attached hydrogen (secondary N) is 1. The molecule has 1 aliphatic heterocycles. The van der Waals surface area contributed by atoms with Gasteiger partial charge in [0.2, 0.25) is 0 Å². The second-order valence-corrected chi connectivity index (χ2v) is 7.62. The number of nitrogens with zero attached hydrogens (tertiary/aromatic N) is 1. The molecule has 4 amide bonds. The number of hydrogen-bond acceptors (Lipinski definition) is 7. The first kappa shape index (κ1) is 24.1. The minimum atomic E-state index is -1.27. The number of carboxylic acids is 1. The number of barbiturate groups is 1. The van der Waals surface area contributed by atoms with E-state index in [-0.39, 0.29) is 23.4 Å². The van der Waals surface area contributed by atoms with Gasteiger partial charge in [-0.15, -0.1) is 0 Å². The maximum absolute atomic E-state index is 13.3. The summed E-state index contributed by atoms with van der Waals surface area (Å²) >= 11 is 0. The van der Waals surface area contributed by atoms with E-state index in [9.17, 15) is 28.7 Å². The average molecular weight is 489 g/mol. The van der Waals surface area contributed by atoms with E-state index in [0.29, 0.717) is 22.6 Å². The van der Waals surface area contributed by atoms with Gasteiger partial charge in [0.15, 0.2) is 11.5 Å². The Morgan fingerprint density at radius 2 is 1.69 bits per heavy atom. The first-order valence-electron chi connectivity index (χ1n) is 10.5. The molecule has 1 saturated heterocycles. The Bertz CT molecular complexity index is 1380. The van der Waals surface area contributed by atoms with Crippen LogP contribution in [0.25, 0.3) is 6.08 Å². The number of urea groups is 1. The molecule has 1 N–H and O–H groups in total. The summed E-state index contributed by atoms with van der Waals surface area (Å²) in [6.45, 7) is 0.125. The summed E-state index contributed by atoms with van der Waals surface area (Å²) in [6, 6.07) is 14.5. The van der Waals surface area contributed by atoms with Crippen LogP contribution in [0.15, 0.2) is 72.3 Å². The fourth-order valence-electron chi connectivity index (χ4n) is 3.44. The van der Waals surface area contributed by atoms with E-state index in [4.69, 9.17) is 9.47 Å². The van der Waals surface area contributed by atoms with Crippen LogP contribution in [0.5, 0.6) is 11.5 Å². The maximum Gasteiger partial charge on any atom is 0.335 e. The third-order valence-electron chi connectivity index (χ3n) is 5.27. The Kier molecular flexibility index (Phi) is 6.77. The Balaban J connectivity index is 1.55. The van der Waals surface area contributed by atoms with Crippen LogP contribution in [0.4, 0.5) is 14.9 Å². The summed E-state index contributed by atoms with van der Waals surface area (Å²) in [5.74, 6) is -2.88. The van der Waals surface area contributed by atoms with Crippen molar-refractivity contribution in [1.82, 2.24) is 5.32 Å². The largest absolute Gasteiger partial charge is 0.545 e. The molecular weight excluding hydrogens is 471 g/mol. The number of rotatable bonds is 7. The SMILES string of the molecule is COc1cc(/C=C2\C(=O)NC(=O)N(c3ccc(F)cc3)C2=O)ccc1OCc1ccc(C(=O)[O-])cc1. The van der Waals surface area contributed by atoms with Crippen molar-refractivity contribution in [3.63, 3.8) is 0 Å². The van der Waals surface area contributed by atoms with E-state index in [1.807, 2.05) is 0 Å². The first-order chi connectivity index (χ1) is 17.3. The fourth-order valence-corrected chi connectivity index (χ4v) is 3.44. The van der Waals surface area contributed by atoms with Gasteiger partial charge < -0.3 is 19.4 Å². The minimum absolute atomic E-state index is 0.0507. The van der Waals surface area contributed by atoms with Crippen LogP contribution < -0.4 is 24.8 Å². The van der Waals surface area contributed by atoms with E-state index < -0.39 is 29.6 Å². The van der Waals surface area contributed by atoms with Crippen molar-refractivity contribution >= 4 is 35.6 Å². The van der Waals surface area contributed by atoms with Gasteiger partial charge in [0.25, 0.3) is 11.8 Å². The van der Waals surface area contributed by atoms with E-state index in [1.165, 1.54) is 37.5 Å². The first-order valence-corrected chi connectivity index (χ1v) is 10.5. The second kappa shape index (κ2) is 10.1. The number of imide groups is 2. The van der Waals surface area contributed by atoms with Crippen LogP contribution in [-0.2, 0) is 16.2 Å². The molecule has 182 valence electrons. The number of aromatic carboxylic acids is 1. The summed E-state index contributed by atoms with van der Waals surface area (Å²) in [7, 11) is 1.42. The molecule has 3 aromatic carbocycles. The molecule has 0 saturated carbocycles. The predicted molar refractivity (Wildman–Crippen MR) is 124 cm³/mol. The zero-order valence-corrected chi connectivity index (χ0v) is 18.8. The van der Waals surface area contributed by atoms with Crippen molar-refractivity contribution in [2.24, 2.45) is 0 Å². The lowest BCUT2D eigenvalue weighted by molar-refractivity contribution is -0.255. The highest BCUT2D eigenvalue weighted by Gasteiger charge is 2.36. The molecule has 9 nitrogen and oxygen atoms in total. The molecule has 10 heteroatoms. The highest BCUT2D eigenvalue weighted by atomic mass is 19.1. The molecular formula is C26H18FN2O7-. The third kappa shape index (κ3) is 5.07. The summed E-state index contributed by atoms with van der Waals surface area (Å²) in [5.41, 5.74) is 0.983. The highest BCUT2D eigenvalue weighted by molar-refractivity contribution is 6.39. The van der Waals surface area contributed by atoms with E-state index in [1.54, 1.807) is 30.3 Å². The predicted octanol–water partition coefficient (Wildman–Crippen LogP) is 2.44. The Morgan fingerprint density at radius 1 is 1.00 bits per heavy atom. The van der Waals surface area contributed by atoms with Crippen molar-refractivity contribution < 1.29 is 38.1 Å². The van der Waals surface area contributed by atoms with Crippen molar-refractivity contribution in [2.45, 2.75) is 6.61 Å². The molecule has 0 spiro atoms. The Morgan fingerprint density at radius 3 is 2.33 bits per heavy atom. The van der Waals surface area contributed by atoms with Gasteiger partial charge >= 0.3 is 6.03 Å². The molecule has 3 aromatic rings. The van der Waals surface area contributed by atoms with Gasteiger partial charge in [0.1, 0.15) is 18.0 Å². The number of anilines is 1. The third-order valence-corrected chi connectivity index (χ3v) is 5.27. The molecule has 36 heavy (non-hydrogen) atoms. The zero-order valence-electron chi connectivity index (χ0n) is 18.8. The van der Waals surface area contributed by atoms with Gasteiger partial charge in [-0.2, -0.15) is 0 Å². The molecule has 0 bridgehead atoms. The van der Waals surface area contributed by atoms with Gasteiger partial charge in [0, 0.05) is 0 Å². The number of amides is 4. The molecule has 0 aromatic heterocycles. The van der Waals surface area contributed by atoms with Gasteiger partial charge in [-0.1, -0.05) is 30.3 Å².